The van der Waals surface area contributed by atoms with E-state index in [-0.39, 0.29) is 22.4 Å². The number of nitrogens with one attached hydrogen (secondary N) is 1. The van der Waals surface area contributed by atoms with E-state index in [9.17, 15) is 0 Å². The zero-order valence-electron chi connectivity index (χ0n) is 3.65. The first-order chi connectivity index (χ1) is 1.91. The molecule has 0 saturated heterocycles. The Balaban J connectivity index is 0. The fourth-order valence-electron chi connectivity index (χ4n) is 0. The summed E-state index contributed by atoms with van der Waals surface area (Å²) >= 11 is 0. The minimum atomic E-state index is 0. The average Bonchev–Trinajstić information content (AvgIpc) is 1.37. The van der Waals surface area contributed by atoms with E-state index < -0.39 is 0 Å². The Hall–Kier alpha value is 0.700. The number of hydrogen-bond donors (Lipinski definition) is 1. The minimum Gasteiger partial charge on any atom is -0.320 e. The van der Waals surface area contributed by atoms with Crippen molar-refractivity contribution in [2.24, 2.45) is 0 Å². The van der Waals surface area contributed by atoms with Crippen molar-refractivity contribution >= 4 is 0 Å². The van der Waals surface area contributed by atoms with Gasteiger partial charge < -0.3 is 5.32 Å². The summed E-state index contributed by atoms with van der Waals surface area (Å²) in [4.78, 5) is 0. The van der Waals surface area contributed by atoms with E-state index in [0.717, 1.165) is 6.54 Å². The first-order valence-corrected chi connectivity index (χ1v) is 1.56. The van der Waals surface area contributed by atoms with Gasteiger partial charge in [-0.1, -0.05) is 6.92 Å². The quantitative estimate of drug-likeness (QED) is 0.691. The molecule has 0 bridgehead atoms. The van der Waals surface area contributed by atoms with E-state index in [4.69, 9.17) is 0 Å². The van der Waals surface area contributed by atoms with Gasteiger partial charge in [-0.15, -0.1) is 0 Å². The molecule has 0 aliphatic heterocycles. The van der Waals surface area contributed by atoms with Crippen molar-refractivity contribution in [3.05, 3.63) is 0 Å². The molecule has 0 fully saturated rings. The molecule has 0 atom stereocenters. The standard InChI is InChI=1S/C3H9N.Ta/c1-3-4-2;/h4H,3H2,1-2H3;. The van der Waals surface area contributed by atoms with Crippen LogP contribution in [0.15, 0.2) is 0 Å². The van der Waals surface area contributed by atoms with Gasteiger partial charge in [-0.05, 0) is 13.6 Å². The molecule has 0 aromatic rings. The molecule has 1 nitrogen and oxygen atoms in total. The van der Waals surface area contributed by atoms with E-state index >= 15 is 0 Å². The molecule has 1 radical (unpaired) electrons. The first-order valence-electron chi connectivity index (χ1n) is 1.56. The largest absolute Gasteiger partial charge is 0.320 e. The van der Waals surface area contributed by atoms with Gasteiger partial charge in [-0.25, -0.2) is 0 Å². The van der Waals surface area contributed by atoms with E-state index in [0.29, 0.717) is 0 Å². The molecule has 0 aliphatic carbocycles. The molecule has 0 rings (SSSR count). The molecule has 0 amide bonds. The summed E-state index contributed by atoms with van der Waals surface area (Å²) in [5, 5.41) is 2.93. The third-order valence-electron chi connectivity index (χ3n) is 0.354. The zero-order chi connectivity index (χ0) is 3.41. The van der Waals surface area contributed by atoms with Crippen LogP contribution in [0.2, 0.25) is 0 Å². The third-order valence-corrected chi connectivity index (χ3v) is 0.354. The second-order valence-electron chi connectivity index (χ2n) is 0.707. The smallest absolute Gasteiger partial charge is 0 e. The summed E-state index contributed by atoms with van der Waals surface area (Å²) in [6, 6.07) is 0. The monoisotopic (exact) mass is 240 g/mol. The average molecular weight is 240 g/mol. The Morgan fingerprint density at radius 2 is 1.80 bits per heavy atom. The van der Waals surface area contributed by atoms with Gasteiger partial charge in [-0.2, -0.15) is 0 Å². The maximum Gasteiger partial charge on any atom is 0 e. The Kier molecular flexibility index (Phi) is 16.2. The molecule has 0 aromatic carbocycles. The minimum absolute atomic E-state index is 0. The number of hydrogen-bond acceptors (Lipinski definition) is 1. The van der Waals surface area contributed by atoms with Crippen molar-refractivity contribution < 1.29 is 22.4 Å². The second-order valence-corrected chi connectivity index (χ2v) is 0.707. The molecule has 2 heteroatoms. The second kappa shape index (κ2) is 8.83. The molecule has 0 heterocycles. The fraction of sp³-hybridized carbons (Fsp3) is 1.00. The summed E-state index contributed by atoms with van der Waals surface area (Å²) in [5.41, 5.74) is 0. The predicted octanol–water partition coefficient (Wildman–Crippen LogP) is 0.223. The maximum atomic E-state index is 2.93. The van der Waals surface area contributed by atoms with Gasteiger partial charge in [0.15, 0.2) is 0 Å². The summed E-state index contributed by atoms with van der Waals surface area (Å²) in [6.45, 7) is 3.14. The van der Waals surface area contributed by atoms with Crippen molar-refractivity contribution in [1.29, 1.82) is 0 Å². The van der Waals surface area contributed by atoms with Crippen LogP contribution in [0.1, 0.15) is 6.92 Å². The van der Waals surface area contributed by atoms with Crippen molar-refractivity contribution in [3.63, 3.8) is 0 Å². The summed E-state index contributed by atoms with van der Waals surface area (Å²) in [6.07, 6.45) is 0. The van der Waals surface area contributed by atoms with Crippen LogP contribution >= 0.6 is 0 Å². The fourth-order valence-corrected chi connectivity index (χ4v) is 0. The summed E-state index contributed by atoms with van der Waals surface area (Å²) in [7, 11) is 1.93. The summed E-state index contributed by atoms with van der Waals surface area (Å²) < 4.78 is 0. The van der Waals surface area contributed by atoms with Gasteiger partial charge in [0.1, 0.15) is 0 Å². The van der Waals surface area contributed by atoms with Crippen molar-refractivity contribution in [2.75, 3.05) is 13.6 Å². The zero-order valence-corrected chi connectivity index (χ0v) is 6.87. The first kappa shape index (κ1) is 9.20. The van der Waals surface area contributed by atoms with Crippen LogP contribution in [0.5, 0.6) is 0 Å². The van der Waals surface area contributed by atoms with E-state index in [2.05, 4.69) is 12.2 Å². The Bertz CT molecular complexity index is 8.85. The molecular weight excluding hydrogens is 231 g/mol. The molecule has 0 spiro atoms. The van der Waals surface area contributed by atoms with Gasteiger partial charge in [0.05, 0.1) is 0 Å². The Morgan fingerprint density at radius 3 is 1.80 bits per heavy atom. The van der Waals surface area contributed by atoms with Crippen LogP contribution in [0, 0.1) is 0 Å². The Morgan fingerprint density at radius 1 is 1.60 bits per heavy atom. The molecular formula is C3H9NTa. The van der Waals surface area contributed by atoms with E-state index in [1.807, 2.05) is 7.05 Å². The molecule has 0 unspecified atom stereocenters. The molecule has 31 valence electrons. The van der Waals surface area contributed by atoms with Crippen LogP contribution in [0.25, 0.3) is 0 Å². The van der Waals surface area contributed by atoms with Crippen LogP contribution < -0.4 is 5.32 Å². The molecule has 1 N–H and O–H groups in total. The van der Waals surface area contributed by atoms with E-state index in [1.54, 1.807) is 0 Å². The molecule has 0 saturated carbocycles. The third kappa shape index (κ3) is 11.9. The van der Waals surface area contributed by atoms with Crippen molar-refractivity contribution in [3.8, 4) is 0 Å². The molecule has 0 aliphatic rings. The van der Waals surface area contributed by atoms with Crippen LogP contribution in [-0.4, -0.2) is 13.6 Å². The molecule has 0 aromatic heterocycles. The normalized spacial score (nSPS) is 6.00. The Labute approximate surface area is 48.7 Å². The topological polar surface area (TPSA) is 12.0 Å². The predicted molar refractivity (Wildman–Crippen MR) is 19.6 cm³/mol. The number of rotatable bonds is 1. The molecule has 5 heavy (non-hydrogen) atoms. The van der Waals surface area contributed by atoms with Crippen molar-refractivity contribution in [1.82, 2.24) is 5.32 Å². The van der Waals surface area contributed by atoms with Gasteiger partial charge in [0, 0.05) is 22.4 Å². The maximum absolute atomic E-state index is 2.93. The summed E-state index contributed by atoms with van der Waals surface area (Å²) in [5.74, 6) is 0. The van der Waals surface area contributed by atoms with E-state index in [1.165, 1.54) is 0 Å². The van der Waals surface area contributed by atoms with Gasteiger partial charge in [0.2, 0.25) is 0 Å². The van der Waals surface area contributed by atoms with Gasteiger partial charge in [0.25, 0.3) is 0 Å². The van der Waals surface area contributed by atoms with Crippen LogP contribution in [0.4, 0.5) is 0 Å². The van der Waals surface area contributed by atoms with Gasteiger partial charge in [-0.3, -0.25) is 0 Å². The van der Waals surface area contributed by atoms with Crippen molar-refractivity contribution in [2.45, 2.75) is 6.92 Å². The van der Waals surface area contributed by atoms with Gasteiger partial charge >= 0.3 is 0 Å². The van der Waals surface area contributed by atoms with Crippen LogP contribution in [0.3, 0.4) is 0 Å². The van der Waals surface area contributed by atoms with Crippen LogP contribution in [-0.2, 0) is 22.4 Å². The SMILES string of the molecule is CCNC.[Ta].